The quantitative estimate of drug-likeness (QED) is 0.438. The van der Waals surface area contributed by atoms with Crippen molar-refractivity contribution in [2.24, 2.45) is 4.99 Å². The molecule has 0 spiro atoms. The van der Waals surface area contributed by atoms with E-state index in [9.17, 15) is 5.11 Å². The van der Waals surface area contributed by atoms with E-state index in [1.165, 1.54) is 5.56 Å². The number of rotatable bonds is 7. The molecule has 1 aliphatic rings. The van der Waals surface area contributed by atoms with E-state index in [2.05, 4.69) is 22.5 Å². The Kier molecular flexibility index (Phi) is 8.82. The molecule has 1 saturated heterocycles. The summed E-state index contributed by atoms with van der Waals surface area (Å²) in [6.45, 7) is 6.38. The number of aliphatic hydroxyl groups excluding tert-OH is 1. The summed E-state index contributed by atoms with van der Waals surface area (Å²) in [6, 6.07) is 14.1. The highest BCUT2D eigenvalue weighted by Gasteiger charge is 2.20. The molecule has 3 rings (SSSR count). The maximum absolute atomic E-state index is 9.51. The van der Waals surface area contributed by atoms with Gasteiger partial charge in [-0.05, 0) is 48.6 Å². The second-order valence-corrected chi connectivity index (χ2v) is 8.38. The van der Waals surface area contributed by atoms with Crippen LogP contribution in [0.2, 0.25) is 10.0 Å². The standard InChI is InChI=1S/C23H30Cl2N4O/c1-2-26-23(27-14-18-5-3-4-6-19(18)16-30)28-20-9-11-29(12-10-20)15-17-7-8-21(24)22(25)13-17/h3-8,13,20,30H,2,9-12,14-16H2,1H3,(H2,26,27,28). The van der Waals surface area contributed by atoms with Crippen LogP contribution in [0.5, 0.6) is 0 Å². The predicted molar refractivity (Wildman–Crippen MR) is 125 cm³/mol. The van der Waals surface area contributed by atoms with Crippen molar-refractivity contribution in [1.82, 2.24) is 15.5 Å². The predicted octanol–water partition coefficient (Wildman–Crippen LogP) is 4.21. The first-order valence-electron chi connectivity index (χ1n) is 10.5. The molecule has 3 N–H and O–H groups in total. The number of hydrogen-bond donors (Lipinski definition) is 3. The summed E-state index contributed by atoms with van der Waals surface area (Å²) in [4.78, 5) is 7.18. The minimum Gasteiger partial charge on any atom is -0.392 e. The van der Waals surface area contributed by atoms with Crippen molar-refractivity contribution >= 4 is 29.2 Å². The van der Waals surface area contributed by atoms with Gasteiger partial charge in [-0.2, -0.15) is 0 Å². The van der Waals surface area contributed by atoms with Gasteiger partial charge in [0.15, 0.2) is 5.96 Å². The molecule has 0 aliphatic carbocycles. The van der Waals surface area contributed by atoms with Gasteiger partial charge in [0.2, 0.25) is 0 Å². The summed E-state index contributed by atoms with van der Waals surface area (Å²) in [5, 5.41) is 17.6. The number of halogens is 2. The number of aliphatic hydroxyl groups is 1. The minimum atomic E-state index is 0.0347. The van der Waals surface area contributed by atoms with E-state index < -0.39 is 0 Å². The van der Waals surface area contributed by atoms with E-state index in [1.54, 1.807) is 0 Å². The van der Waals surface area contributed by atoms with Gasteiger partial charge in [-0.1, -0.05) is 53.5 Å². The Balaban J connectivity index is 1.52. The average molecular weight is 449 g/mol. The van der Waals surface area contributed by atoms with Crippen molar-refractivity contribution in [3.05, 3.63) is 69.2 Å². The van der Waals surface area contributed by atoms with Crippen LogP contribution < -0.4 is 10.6 Å². The van der Waals surface area contributed by atoms with Gasteiger partial charge in [0.1, 0.15) is 0 Å². The first kappa shape index (κ1) is 22.9. The summed E-state index contributed by atoms with van der Waals surface area (Å²) in [5.74, 6) is 0.827. The summed E-state index contributed by atoms with van der Waals surface area (Å²) in [7, 11) is 0. The Morgan fingerprint density at radius 1 is 1.10 bits per heavy atom. The van der Waals surface area contributed by atoms with Crippen LogP contribution in [0, 0.1) is 0 Å². The monoisotopic (exact) mass is 448 g/mol. The molecule has 5 nitrogen and oxygen atoms in total. The van der Waals surface area contributed by atoms with Gasteiger partial charge < -0.3 is 15.7 Å². The Morgan fingerprint density at radius 3 is 2.50 bits per heavy atom. The molecule has 0 atom stereocenters. The lowest BCUT2D eigenvalue weighted by molar-refractivity contribution is 0.198. The van der Waals surface area contributed by atoms with Crippen LogP contribution in [0.1, 0.15) is 36.5 Å². The number of nitrogens with zero attached hydrogens (tertiary/aromatic N) is 2. The molecule has 0 radical (unpaired) electrons. The Labute approximate surface area is 189 Å². The maximum atomic E-state index is 9.51. The molecule has 7 heteroatoms. The van der Waals surface area contributed by atoms with Crippen LogP contribution >= 0.6 is 23.2 Å². The van der Waals surface area contributed by atoms with Gasteiger partial charge in [-0.25, -0.2) is 4.99 Å². The topological polar surface area (TPSA) is 59.9 Å². The van der Waals surface area contributed by atoms with Gasteiger partial charge in [0.25, 0.3) is 0 Å². The fourth-order valence-corrected chi connectivity index (χ4v) is 4.00. The smallest absolute Gasteiger partial charge is 0.191 e. The van der Waals surface area contributed by atoms with Gasteiger partial charge in [0, 0.05) is 32.2 Å². The first-order valence-corrected chi connectivity index (χ1v) is 11.2. The highest BCUT2D eigenvalue weighted by Crippen LogP contribution is 2.24. The number of likely N-dealkylation sites (tertiary alicyclic amines) is 1. The molecule has 1 fully saturated rings. The Morgan fingerprint density at radius 2 is 1.83 bits per heavy atom. The number of aliphatic imine (C=N–C) groups is 1. The summed E-state index contributed by atoms with van der Waals surface area (Å²) >= 11 is 12.2. The van der Waals surface area contributed by atoms with Crippen LogP contribution in [-0.2, 0) is 19.7 Å². The largest absolute Gasteiger partial charge is 0.392 e. The van der Waals surface area contributed by atoms with E-state index in [0.29, 0.717) is 22.6 Å². The normalized spacial score (nSPS) is 15.9. The number of benzene rings is 2. The molecule has 162 valence electrons. The molecule has 30 heavy (non-hydrogen) atoms. The maximum Gasteiger partial charge on any atom is 0.191 e. The first-order chi connectivity index (χ1) is 14.6. The summed E-state index contributed by atoms with van der Waals surface area (Å²) in [6.07, 6.45) is 2.11. The zero-order valence-corrected chi connectivity index (χ0v) is 18.9. The molecule has 2 aromatic rings. The lowest BCUT2D eigenvalue weighted by Crippen LogP contribution is -2.48. The van der Waals surface area contributed by atoms with Crippen LogP contribution in [-0.4, -0.2) is 41.6 Å². The van der Waals surface area contributed by atoms with Crippen molar-refractivity contribution < 1.29 is 5.11 Å². The highest BCUT2D eigenvalue weighted by atomic mass is 35.5. The lowest BCUT2D eigenvalue weighted by Gasteiger charge is -2.33. The van der Waals surface area contributed by atoms with E-state index in [4.69, 9.17) is 28.2 Å². The van der Waals surface area contributed by atoms with E-state index in [0.717, 1.165) is 56.1 Å². The molecule has 1 heterocycles. The number of hydrogen-bond acceptors (Lipinski definition) is 3. The lowest BCUT2D eigenvalue weighted by atomic mass is 10.0. The molecule has 0 saturated carbocycles. The van der Waals surface area contributed by atoms with Gasteiger partial charge in [-0.3, -0.25) is 4.90 Å². The van der Waals surface area contributed by atoms with Crippen molar-refractivity contribution in [3.63, 3.8) is 0 Å². The summed E-state index contributed by atoms with van der Waals surface area (Å²) in [5.41, 5.74) is 3.16. The van der Waals surface area contributed by atoms with E-state index >= 15 is 0 Å². The molecular weight excluding hydrogens is 419 g/mol. The third-order valence-electron chi connectivity index (χ3n) is 5.36. The van der Waals surface area contributed by atoms with Crippen molar-refractivity contribution in [1.29, 1.82) is 0 Å². The Bertz CT molecular complexity index is 851. The van der Waals surface area contributed by atoms with E-state index in [-0.39, 0.29) is 6.61 Å². The van der Waals surface area contributed by atoms with E-state index in [1.807, 2.05) is 42.5 Å². The third-order valence-corrected chi connectivity index (χ3v) is 6.10. The summed E-state index contributed by atoms with van der Waals surface area (Å²) < 4.78 is 0. The fraction of sp³-hybridized carbons (Fsp3) is 0.435. The van der Waals surface area contributed by atoms with Gasteiger partial charge in [0.05, 0.1) is 23.2 Å². The molecule has 1 aliphatic heterocycles. The van der Waals surface area contributed by atoms with Crippen LogP contribution in [0.15, 0.2) is 47.5 Å². The van der Waals surface area contributed by atoms with Gasteiger partial charge >= 0.3 is 0 Å². The highest BCUT2D eigenvalue weighted by molar-refractivity contribution is 6.42. The molecule has 0 bridgehead atoms. The molecule has 2 aromatic carbocycles. The minimum absolute atomic E-state index is 0.0347. The molecule has 0 unspecified atom stereocenters. The van der Waals surface area contributed by atoms with Crippen molar-refractivity contribution in [2.45, 2.75) is 45.5 Å². The number of nitrogens with one attached hydrogen (secondary N) is 2. The second kappa shape index (κ2) is 11.6. The van der Waals surface area contributed by atoms with Crippen molar-refractivity contribution in [2.75, 3.05) is 19.6 Å². The number of piperidine rings is 1. The van der Waals surface area contributed by atoms with Crippen molar-refractivity contribution in [3.8, 4) is 0 Å². The van der Waals surface area contributed by atoms with Crippen LogP contribution in [0.3, 0.4) is 0 Å². The molecule has 0 amide bonds. The van der Waals surface area contributed by atoms with Gasteiger partial charge in [-0.15, -0.1) is 0 Å². The zero-order chi connectivity index (χ0) is 21.3. The molecule has 0 aromatic heterocycles. The zero-order valence-electron chi connectivity index (χ0n) is 17.4. The van der Waals surface area contributed by atoms with Crippen LogP contribution in [0.4, 0.5) is 0 Å². The van der Waals surface area contributed by atoms with Crippen LogP contribution in [0.25, 0.3) is 0 Å². The third kappa shape index (κ3) is 6.61. The Hall–Kier alpha value is -1.79. The average Bonchev–Trinajstić information content (AvgIpc) is 2.76. The number of guanidine groups is 1. The fourth-order valence-electron chi connectivity index (χ4n) is 3.68. The molecular formula is C23H30Cl2N4O. The second-order valence-electron chi connectivity index (χ2n) is 7.57. The SMILES string of the molecule is CCNC(=NCc1ccccc1CO)NC1CCN(Cc2ccc(Cl)c(Cl)c2)CC1.